The van der Waals surface area contributed by atoms with Crippen LogP contribution in [-0.4, -0.2) is 37.2 Å². The lowest BCUT2D eigenvalue weighted by Gasteiger charge is -2.18. The highest BCUT2D eigenvalue weighted by atomic mass is 16.6. The molecule has 6 heteroatoms. The molecule has 0 aliphatic rings. The number of allylic oxidation sites excluding steroid dienone is 14. The van der Waals surface area contributed by atoms with Gasteiger partial charge in [0.25, 0.3) is 0 Å². The van der Waals surface area contributed by atoms with Crippen LogP contribution in [0.1, 0.15) is 342 Å². The highest BCUT2D eigenvalue weighted by Gasteiger charge is 2.19. The van der Waals surface area contributed by atoms with Gasteiger partial charge in [-0.3, -0.25) is 14.4 Å². The first-order valence-electron chi connectivity index (χ1n) is 34.1. The van der Waals surface area contributed by atoms with Crippen LogP contribution < -0.4 is 0 Å². The van der Waals surface area contributed by atoms with E-state index in [1.807, 2.05) is 0 Å². The van der Waals surface area contributed by atoms with Crippen LogP contribution in [0.2, 0.25) is 0 Å². The summed E-state index contributed by atoms with van der Waals surface area (Å²) in [5, 5.41) is 0. The molecule has 0 radical (unpaired) electrons. The molecule has 0 aromatic heterocycles. The quantitative estimate of drug-likeness (QED) is 0.0261. The van der Waals surface area contributed by atoms with Gasteiger partial charge in [0.2, 0.25) is 0 Å². The number of ether oxygens (including phenoxy) is 3. The molecular formula is C73H128O6. The largest absolute Gasteiger partial charge is 0.462 e. The maximum Gasteiger partial charge on any atom is 0.306 e. The van der Waals surface area contributed by atoms with Gasteiger partial charge >= 0.3 is 17.9 Å². The summed E-state index contributed by atoms with van der Waals surface area (Å²) in [5.74, 6) is -0.870. The predicted molar refractivity (Wildman–Crippen MR) is 344 cm³/mol. The van der Waals surface area contributed by atoms with Crippen LogP contribution in [0, 0.1) is 0 Å². The molecule has 0 saturated carbocycles. The smallest absolute Gasteiger partial charge is 0.306 e. The number of hydrogen-bond donors (Lipinski definition) is 0. The molecule has 0 rings (SSSR count). The van der Waals surface area contributed by atoms with Gasteiger partial charge in [-0.25, -0.2) is 0 Å². The Morgan fingerprint density at radius 2 is 0.494 bits per heavy atom. The Bertz CT molecular complexity index is 1500. The van der Waals surface area contributed by atoms with Crippen LogP contribution in [0.4, 0.5) is 0 Å². The molecule has 1 atom stereocenters. The van der Waals surface area contributed by atoms with Crippen LogP contribution in [0.15, 0.2) is 85.1 Å². The van der Waals surface area contributed by atoms with Crippen LogP contribution in [-0.2, 0) is 28.6 Å². The van der Waals surface area contributed by atoms with E-state index in [4.69, 9.17) is 14.2 Å². The zero-order valence-corrected chi connectivity index (χ0v) is 52.4. The third kappa shape index (κ3) is 65.3. The average Bonchev–Trinajstić information content (AvgIpc) is 3.45. The van der Waals surface area contributed by atoms with E-state index in [0.29, 0.717) is 19.3 Å². The summed E-state index contributed by atoms with van der Waals surface area (Å²) in [4.78, 5) is 38.4. The second kappa shape index (κ2) is 67.1. The summed E-state index contributed by atoms with van der Waals surface area (Å²) < 4.78 is 17.0. The third-order valence-corrected chi connectivity index (χ3v) is 14.9. The number of carbonyl (C=O) groups is 3. The van der Waals surface area contributed by atoms with Gasteiger partial charge in [-0.15, -0.1) is 0 Å². The van der Waals surface area contributed by atoms with Crippen LogP contribution in [0.25, 0.3) is 0 Å². The highest BCUT2D eigenvalue weighted by Crippen LogP contribution is 2.17. The van der Waals surface area contributed by atoms with E-state index in [2.05, 4.69) is 106 Å². The Labute approximate surface area is 490 Å². The van der Waals surface area contributed by atoms with Gasteiger partial charge in [0.15, 0.2) is 6.10 Å². The summed E-state index contributed by atoms with van der Waals surface area (Å²) in [5.41, 5.74) is 0. The van der Waals surface area contributed by atoms with Gasteiger partial charge in [-0.1, -0.05) is 311 Å². The lowest BCUT2D eigenvalue weighted by Crippen LogP contribution is -2.30. The fraction of sp³-hybridized carbons (Fsp3) is 0.767. The molecule has 1 unspecified atom stereocenters. The molecule has 0 aliphatic heterocycles. The summed E-state index contributed by atoms with van der Waals surface area (Å²) in [6, 6.07) is 0. The normalized spacial score (nSPS) is 12.6. The molecular weight excluding hydrogens is 973 g/mol. The maximum absolute atomic E-state index is 12.9. The van der Waals surface area contributed by atoms with Crippen molar-refractivity contribution >= 4 is 17.9 Å². The van der Waals surface area contributed by atoms with Gasteiger partial charge in [-0.05, 0) is 96.3 Å². The minimum atomic E-state index is -0.782. The van der Waals surface area contributed by atoms with E-state index in [0.717, 1.165) is 103 Å². The summed E-state index contributed by atoms with van der Waals surface area (Å²) in [7, 11) is 0. The molecule has 0 N–H and O–H groups in total. The molecule has 0 fully saturated rings. The van der Waals surface area contributed by atoms with Gasteiger partial charge in [0.1, 0.15) is 13.2 Å². The Balaban J connectivity index is 4.29. The highest BCUT2D eigenvalue weighted by molar-refractivity contribution is 5.71. The topological polar surface area (TPSA) is 78.9 Å². The van der Waals surface area contributed by atoms with E-state index in [1.54, 1.807) is 0 Å². The number of unbranched alkanes of at least 4 members (excludes halogenated alkanes) is 37. The Morgan fingerprint density at radius 3 is 0.772 bits per heavy atom. The molecule has 6 nitrogen and oxygen atoms in total. The Hall–Kier alpha value is -3.41. The molecule has 0 aromatic rings. The zero-order chi connectivity index (χ0) is 57.1. The lowest BCUT2D eigenvalue weighted by atomic mass is 10.0. The van der Waals surface area contributed by atoms with Crippen molar-refractivity contribution in [2.45, 2.75) is 348 Å². The van der Waals surface area contributed by atoms with Gasteiger partial charge in [0.05, 0.1) is 0 Å². The van der Waals surface area contributed by atoms with E-state index < -0.39 is 6.10 Å². The molecule has 0 heterocycles. The molecule has 0 spiro atoms. The lowest BCUT2D eigenvalue weighted by molar-refractivity contribution is -0.167. The standard InChI is InChI=1S/C73H128O6/c1-4-7-10-13-16-19-22-25-27-29-31-33-34-35-36-37-38-40-41-43-45-48-51-54-57-60-63-66-72(75)78-69-70(68-77-71(74)65-62-59-56-53-50-47-24-21-18-15-12-9-6-3)79-73(76)67-64-61-58-55-52-49-46-44-42-39-32-30-28-26-23-20-17-14-11-8-5-2/h8,11,17,20,22,25-26,28-29,31-32,34-35,39,70H,4-7,9-10,12-16,18-19,21,23-24,27,30,33,36-38,40-69H2,1-3H3/b11-8-,20-17-,25-22-,28-26-,31-29-,35-34-,39-32-. The minimum absolute atomic E-state index is 0.0769. The second-order valence-corrected chi connectivity index (χ2v) is 22.7. The van der Waals surface area contributed by atoms with Gasteiger partial charge in [0, 0.05) is 19.3 Å². The number of rotatable bonds is 62. The first-order valence-corrected chi connectivity index (χ1v) is 34.1. The summed E-state index contributed by atoms with van der Waals surface area (Å²) in [6.07, 6.45) is 88.8. The Kier molecular flexibility index (Phi) is 64.2. The van der Waals surface area contributed by atoms with Gasteiger partial charge < -0.3 is 14.2 Å². The first kappa shape index (κ1) is 75.6. The van der Waals surface area contributed by atoms with Crippen molar-refractivity contribution in [1.29, 1.82) is 0 Å². The first-order chi connectivity index (χ1) is 39.0. The predicted octanol–water partition coefficient (Wildman–Crippen LogP) is 23.4. The molecule has 0 aromatic carbocycles. The van der Waals surface area contributed by atoms with Crippen molar-refractivity contribution in [3.05, 3.63) is 85.1 Å². The van der Waals surface area contributed by atoms with Crippen molar-refractivity contribution in [2.75, 3.05) is 13.2 Å². The zero-order valence-electron chi connectivity index (χ0n) is 52.4. The molecule has 0 aliphatic carbocycles. The molecule has 0 saturated heterocycles. The van der Waals surface area contributed by atoms with Crippen molar-refractivity contribution in [3.63, 3.8) is 0 Å². The molecule has 0 bridgehead atoms. The van der Waals surface area contributed by atoms with Crippen LogP contribution in [0.3, 0.4) is 0 Å². The van der Waals surface area contributed by atoms with Crippen molar-refractivity contribution in [1.82, 2.24) is 0 Å². The molecule has 0 amide bonds. The fourth-order valence-corrected chi connectivity index (χ4v) is 9.80. The minimum Gasteiger partial charge on any atom is -0.462 e. The van der Waals surface area contributed by atoms with Crippen LogP contribution in [0.5, 0.6) is 0 Å². The Morgan fingerprint density at radius 1 is 0.266 bits per heavy atom. The molecule has 456 valence electrons. The van der Waals surface area contributed by atoms with Crippen molar-refractivity contribution in [2.24, 2.45) is 0 Å². The summed E-state index contributed by atoms with van der Waals surface area (Å²) >= 11 is 0. The average molecular weight is 1100 g/mol. The number of esters is 3. The van der Waals surface area contributed by atoms with E-state index in [1.165, 1.54) is 199 Å². The van der Waals surface area contributed by atoms with Crippen molar-refractivity contribution < 1.29 is 28.6 Å². The second-order valence-electron chi connectivity index (χ2n) is 22.7. The SMILES string of the molecule is CC/C=C\C/C=C\C/C=C\C/C=C\CCCCCCCCCCC(=O)OC(COC(=O)CCCCCCCCCCCCCCC)COC(=O)CCCCCCCCCCCCCC/C=C\C/C=C\C/C=C\CCCCCCC. The van der Waals surface area contributed by atoms with Crippen LogP contribution >= 0.6 is 0 Å². The maximum atomic E-state index is 12.9. The van der Waals surface area contributed by atoms with E-state index >= 15 is 0 Å². The van der Waals surface area contributed by atoms with E-state index in [9.17, 15) is 14.4 Å². The summed E-state index contributed by atoms with van der Waals surface area (Å²) in [6.45, 7) is 6.55. The van der Waals surface area contributed by atoms with Crippen molar-refractivity contribution in [3.8, 4) is 0 Å². The molecule has 79 heavy (non-hydrogen) atoms. The monoisotopic (exact) mass is 1100 g/mol. The van der Waals surface area contributed by atoms with Gasteiger partial charge in [-0.2, -0.15) is 0 Å². The number of hydrogen-bond acceptors (Lipinski definition) is 6. The third-order valence-electron chi connectivity index (χ3n) is 14.9. The fourth-order valence-electron chi connectivity index (χ4n) is 9.80. The number of carbonyl (C=O) groups excluding carboxylic acids is 3. The van der Waals surface area contributed by atoms with E-state index in [-0.39, 0.29) is 31.1 Å².